The first-order valence-corrected chi connectivity index (χ1v) is 12.7. The lowest BCUT2D eigenvalue weighted by Crippen LogP contribution is -2.27. The Morgan fingerprint density at radius 3 is 2.54 bits per heavy atom. The summed E-state index contributed by atoms with van der Waals surface area (Å²) in [6, 6.07) is 11.3. The van der Waals surface area contributed by atoms with E-state index in [1.165, 1.54) is 17.9 Å². The Bertz CT molecular complexity index is 1300. The summed E-state index contributed by atoms with van der Waals surface area (Å²) in [6.45, 7) is 11.2. The summed E-state index contributed by atoms with van der Waals surface area (Å²) in [7, 11) is 0. The van der Waals surface area contributed by atoms with Gasteiger partial charge in [-0.15, -0.1) is 0 Å². The molecule has 3 aromatic rings. The molecule has 194 valence electrons. The largest absolute Gasteiger partial charge is 0.397 e. The van der Waals surface area contributed by atoms with E-state index in [4.69, 9.17) is 11.6 Å². The summed E-state index contributed by atoms with van der Waals surface area (Å²) in [5, 5.41) is 7.86. The van der Waals surface area contributed by atoms with Crippen LogP contribution in [-0.4, -0.2) is 17.4 Å². The van der Waals surface area contributed by atoms with Gasteiger partial charge in [-0.2, -0.15) is 0 Å². The van der Waals surface area contributed by atoms with Crippen LogP contribution in [0, 0.1) is 19.8 Å². The molecule has 0 saturated heterocycles. The van der Waals surface area contributed by atoms with Crippen LogP contribution in [0.3, 0.4) is 0 Å². The molecule has 0 radical (unpaired) electrons. The van der Waals surface area contributed by atoms with Crippen molar-refractivity contribution in [1.82, 2.24) is 4.98 Å². The van der Waals surface area contributed by atoms with Crippen molar-refractivity contribution in [2.24, 2.45) is 17.5 Å². The molecule has 8 nitrogen and oxygen atoms in total. The molecular weight excluding hydrogens is 462 g/mol. The number of aromatic nitrogens is 2. The Kier molecular flexibility index (Phi) is 7.50. The number of hydrogen-bond donors (Lipinski definition) is 4. The van der Waals surface area contributed by atoms with Crippen LogP contribution in [0.25, 0.3) is 5.70 Å². The minimum absolute atomic E-state index is 0.0747. The average molecular weight is 501 g/mol. The molecule has 1 aromatic carbocycles. The van der Waals surface area contributed by atoms with Gasteiger partial charge in [0.05, 0.1) is 35.5 Å². The summed E-state index contributed by atoms with van der Waals surface area (Å²) >= 11 is 0. The Balaban J connectivity index is 1.49. The van der Waals surface area contributed by atoms with Gasteiger partial charge in [0.25, 0.3) is 11.7 Å². The van der Waals surface area contributed by atoms with Gasteiger partial charge in [-0.05, 0) is 73.4 Å². The van der Waals surface area contributed by atoms with Gasteiger partial charge in [0.2, 0.25) is 0 Å². The zero-order chi connectivity index (χ0) is 26.7. The number of benzene rings is 1. The summed E-state index contributed by atoms with van der Waals surface area (Å²) in [4.78, 5) is 20.8. The molecule has 1 fully saturated rings. The van der Waals surface area contributed by atoms with E-state index in [0.29, 0.717) is 22.6 Å². The second-order valence-corrected chi connectivity index (χ2v) is 10.9. The first kappa shape index (κ1) is 26.2. The maximum Gasteiger partial charge on any atom is 0.272 e. The number of aromatic amines is 1. The third kappa shape index (κ3) is 6.65. The second-order valence-electron chi connectivity index (χ2n) is 10.9. The van der Waals surface area contributed by atoms with Crippen molar-refractivity contribution in [2.45, 2.75) is 52.9 Å². The van der Waals surface area contributed by atoms with E-state index >= 15 is 0 Å². The van der Waals surface area contributed by atoms with Crippen molar-refractivity contribution in [3.8, 4) is 0 Å². The van der Waals surface area contributed by atoms with Crippen molar-refractivity contribution in [3.05, 3.63) is 82.9 Å². The Hall–Kier alpha value is -3.91. The van der Waals surface area contributed by atoms with Crippen molar-refractivity contribution in [1.29, 1.82) is 0 Å². The topological polar surface area (TPSA) is 123 Å². The number of hydrogen-bond acceptors (Lipinski definition) is 6. The van der Waals surface area contributed by atoms with Gasteiger partial charge in [0.1, 0.15) is 0 Å². The summed E-state index contributed by atoms with van der Waals surface area (Å²) in [6.07, 6.45) is 7.97. The van der Waals surface area contributed by atoms with Gasteiger partial charge in [0, 0.05) is 29.6 Å². The molecule has 0 unspecified atom stereocenters. The molecule has 1 aliphatic rings. The molecule has 2 aromatic heterocycles. The zero-order valence-corrected chi connectivity index (χ0v) is 22.4. The molecule has 0 spiro atoms. The van der Waals surface area contributed by atoms with Crippen molar-refractivity contribution >= 4 is 28.8 Å². The molecule has 8 heteroatoms. The number of hydrazine groups is 1. The molecule has 1 aliphatic carbocycles. The van der Waals surface area contributed by atoms with Crippen LogP contribution in [0.4, 0.5) is 17.2 Å². The molecule has 4 rings (SSSR count). The maximum absolute atomic E-state index is 13.1. The number of nitrogens with two attached hydrogens (primary N) is 2. The van der Waals surface area contributed by atoms with E-state index in [9.17, 15) is 4.79 Å². The lowest BCUT2D eigenvalue weighted by molar-refractivity contribution is -0.361. The minimum Gasteiger partial charge on any atom is -0.397 e. The van der Waals surface area contributed by atoms with Gasteiger partial charge in [0.15, 0.2) is 0 Å². The summed E-state index contributed by atoms with van der Waals surface area (Å²) in [5.41, 5.74) is 12.2. The van der Waals surface area contributed by atoms with Crippen LogP contribution < -0.4 is 32.2 Å². The predicted octanol–water partition coefficient (Wildman–Crippen LogP) is 4.52. The minimum atomic E-state index is -0.230. The normalized spacial score (nSPS) is 13.8. The van der Waals surface area contributed by atoms with Gasteiger partial charge >= 0.3 is 0 Å². The standard InChI is InChI=1S/C29H37N7O/c1-18-6-9-21(28(37)35-25-13-23(29(3,4)5)16-32-19(25)2)12-26(18)36(31)17-24(30)22-10-11-27(34-15-22)33-14-20-7-8-20/h6,9-13,15-17,20H,7-8,14,30-31H2,1-5H3,(H,33,34)(H,35,37)/p+1. The van der Waals surface area contributed by atoms with E-state index in [2.05, 4.69) is 41.4 Å². The monoisotopic (exact) mass is 500 g/mol. The highest BCUT2D eigenvalue weighted by molar-refractivity contribution is 6.05. The van der Waals surface area contributed by atoms with Crippen molar-refractivity contribution < 1.29 is 9.78 Å². The molecule has 1 amide bonds. The van der Waals surface area contributed by atoms with Crippen LogP contribution in [0.1, 0.15) is 66.4 Å². The Morgan fingerprint density at radius 2 is 1.89 bits per heavy atom. The van der Waals surface area contributed by atoms with E-state index in [0.717, 1.165) is 40.7 Å². The zero-order valence-electron chi connectivity index (χ0n) is 22.4. The first-order chi connectivity index (χ1) is 17.5. The third-order valence-electron chi connectivity index (χ3n) is 6.65. The van der Waals surface area contributed by atoms with Crippen LogP contribution in [0.5, 0.6) is 0 Å². The number of H-pyrrole nitrogens is 1. The number of amides is 1. The van der Waals surface area contributed by atoms with Gasteiger partial charge < -0.3 is 11.1 Å². The fourth-order valence-electron chi connectivity index (χ4n) is 3.88. The van der Waals surface area contributed by atoms with Gasteiger partial charge in [-0.25, -0.2) is 10.8 Å². The molecule has 1 saturated carbocycles. The number of nitrogens with zero attached hydrogens (tertiary/aromatic N) is 2. The fraction of sp³-hybridized carbons (Fsp3) is 0.345. The maximum atomic E-state index is 13.1. The van der Waals surface area contributed by atoms with Gasteiger partial charge in [-0.3, -0.25) is 20.1 Å². The highest BCUT2D eigenvalue weighted by Crippen LogP contribution is 2.29. The predicted molar refractivity (Wildman–Crippen MR) is 150 cm³/mol. The van der Waals surface area contributed by atoms with E-state index in [1.807, 2.05) is 50.5 Å². The van der Waals surface area contributed by atoms with Crippen LogP contribution >= 0.6 is 0 Å². The molecule has 0 atom stereocenters. The Labute approximate surface area is 219 Å². The number of carbonyl (C=O) groups is 1. The molecule has 37 heavy (non-hydrogen) atoms. The average Bonchev–Trinajstić information content (AvgIpc) is 3.68. The van der Waals surface area contributed by atoms with Crippen molar-refractivity contribution in [2.75, 3.05) is 22.2 Å². The fourth-order valence-corrected chi connectivity index (χ4v) is 3.88. The molecular formula is C29H38N7O+. The van der Waals surface area contributed by atoms with Gasteiger partial charge in [-0.1, -0.05) is 26.8 Å². The highest BCUT2D eigenvalue weighted by Gasteiger charge is 2.23. The van der Waals surface area contributed by atoms with Crippen LogP contribution in [0.15, 0.2) is 55.0 Å². The summed E-state index contributed by atoms with van der Waals surface area (Å²) < 4.78 is 0. The third-order valence-corrected chi connectivity index (χ3v) is 6.65. The first-order valence-electron chi connectivity index (χ1n) is 12.7. The summed E-state index contributed by atoms with van der Waals surface area (Å²) in [5.74, 6) is 7.90. The smallest absolute Gasteiger partial charge is 0.272 e. The highest BCUT2D eigenvalue weighted by atomic mass is 16.1. The molecule has 2 heterocycles. The van der Waals surface area contributed by atoms with E-state index in [-0.39, 0.29) is 11.3 Å². The van der Waals surface area contributed by atoms with Crippen LogP contribution in [0.2, 0.25) is 0 Å². The lowest BCUT2D eigenvalue weighted by atomic mass is 9.88. The number of carbonyl (C=O) groups excluding carboxylic acids is 1. The lowest BCUT2D eigenvalue weighted by Gasteiger charge is -2.21. The Morgan fingerprint density at radius 1 is 1.16 bits per heavy atom. The van der Waals surface area contributed by atoms with E-state index in [1.54, 1.807) is 18.3 Å². The van der Waals surface area contributed by atoms with E-state index < -0.39 is 0 Å². The number of nitrogens with one attached hydrogen (secondary N) is 3. The quantitative estimate of drug-likeness (QED) is 0.266. The van der Waals surface area contributed by atoms with Crippen LogP contribution in [-0.2, 0) is 5.41 Å². The SMILES string of the molecule is Cc1ccc(C(=O)Nc2cc(C(C)(C)C)cnc2C)cc1N(N)C=C(N)c1ccc(NCC2CC2)[nH+]c1. The number of aryl methyl sites for hydroxylation is 2. The number of anilines is 3. The molecule has 0 bridgehead atoms. The molecule has 7 N–H and O–H groups in total. The number of rotatable bonds is 8. The van der Waals surface area contributed by atoms with Crippen molar-refractivity contribution in [3.63, 3.8) is 0 Å². The second kappa shape index (κ2) is 10.6. The number of pyridine rings is 2. The molecule has 0 aliphatic heterocycles.